The molecule has 0 aliphatic heterocycles. The first-order valence-electron chi connectivity index (χ1n) is 3.17. The Kier molecular flexibility index (Phi) is 1.26. The zero-order chi connectivity index (χ0) is 7.84. The third-order valence-electron chi connectivity index (χ3n) is 1.46. The molecule has 0 saturated heterocycles. The molecule has 0 atom stereocenters. The molecule has 56 valence electrons. The SMILES string of the molecule is Nc1cc2cccc(Cl)n2n1. The van der Waals surface area contributed by atoms with E-state index in [0.29, 0.717) is 11.0 Å². The molecule has 11 heavy (non-hydrogen) atoms. The van der Waals surface area contributed by atoms with Crippen LogP contribution in [0.15, 0.2) is 24.3 Å². The predicted molar refractivity (Wildman–Crippen MR) is 44.6 cm³/mol. The molecule has 2 aromatic rings. The Morgan fingerprint density at radius 1 is 1.45 bits per heavy atom. The van der Waals surface area contributed by atoms with Gasteiger partial charge in [0.25, 0.3) is 0 Å². The van der Waals surface area contributed by atoms with Crippen molar-refractivity contribution in [3.63, 3.8) is 0 Å². The van der Waals surface area contributed by atoms with E-state index in [0.717, 1.165) is 5.52 Å². The fraction of sp³-hybridized carbons (Fsp3) is 0. The molecule has 2 N–H and O–H groups in total. The van der Waals surface area contributed by atoms with Gasteiger partial charge in [-0.3, -0.25) is 0 Å². The standard InChI is InChI=1S/C7H6ClN3/c8-6-3-1-2-5-4-7(9)10-11(5)6/h1-4H,(H2,9,10). The van der Waals surface area contributed by atoms with Crippen LogP contribution in [-0.4, -0.2) is 9.61 Å². The van der Waals surface area contributed by atoms with Crippen molar-refractivity contribution in [2.24, 2.45) is 0 Å². The molecule has 0 spiro atoms. The van der Waals surface area contributed by atoms with Crippen molar-refractivity contribution < 1.29 is 0 Å². The Morgan fingerprint density at radius 3 is 3.00 bits per heavy atom. The van der Waals surface area contributed by atoms with Crippen LogP contribution in [0.5, 0.6) is 0 Å². The van der Waals surface area contributed by atoms with Crippen LogP contribution in [0.25, 0.3) is 5.52 Å². The van der Waals surface area contributed by atoms with Crippen molar-refractivity contribution in [1.82, 2.24) is 9.61 Å². The summed E-state index contributed by atoms with van der Waals surface area (Å²) in [6.07, 6.45) is 0. The van der Waals surface area contributed by atoms with Gasteiger partial charge in [-0.15, -0.1) is 5.10 Å². The minimum Gasteiger partial charge on any atom is -0.382 e. The zero-order valence-electron chi connectivity index (χ0n) is 5.66. The molecule has 0 radical (unpaired) electrons. The van der Waals surface area contributed by atoms with Gasteiger partial charge in [0.15, 0.2) is 0 Å². The maximum atomic E-state index is 5.82. The Hall–Kier alpha value is -1.22. The lowest BCUT2D eigenvalue weighted by Crippen LogP contribution is -1.89. The largest absolute Gasteiger partial charge is 0.382 e. The van der Waals surface area contributed by atoms with E-state index in [9.17, 15) is 0 Å². The van der Waals surface area contributed by atoms with Gasteiger partial charge in [0.05, 0.1) is 5.52 Å². The lowest BCUT2D eigenvalue weighted by molar-refractivity contribution is 0.969. The quantitative estimate of drug-likeness (QED) is 0.606. The van der Waals surface area contributed by atoms with Crippen molar-refractivity contribution >= 4 is 22.9 Å². The van der Waals surface area contributed by atoms with Crippen molar-refractivity contribution in [2.45, 2.75) is 0 Å². The molecular formula is C7H6ClN3. The number of rotatable bonds is 0. The highest BCUT2D eigenvalue weighted by molar-refractivity contribution is 6.29. The molecule has 0 bridgehead atoms. The van der Waals surface area contributed by atoms with Crippen LogP contribution in [0.4, 0.5) is 5.82 Å². The molecule has 0 fully saturated rings. The molecular weight excluding hydrogens is 162 g/mol. The van der Waals surface area contributed by atoms with Crippen molar-refractivity contribution in [2.75, 3.05) is 5.73 Å². The molecule has 0 unspecified atom stereocenters. The number of aromatic nitrogens is 2. The third kappa shape index (κ3) is 0.935. The maximum absolute atomic E-state index is 5.82. The number of nitrogens with zero attached hydrogens (tertiary/aromatic N) is 2. The summed E-state index contributed by atoms with van der Waals surface area (Å²) in [6, 6.07) is 7.29. The highest BCUT2D eigenvalue weighted by Gasteiger charge is 1.99. The van der Waals surface area contributed by atoms with Gasteiger partial charge in [0, 0.05) is 6.07 Å². The van der Waals surface area contributed by atoms with Gasteiger partial charge in [0.2, 0.25) is 0 Å². The van der Waals surface area contributed by atoms with Gasteiger partial charge in [-0.05, 0) is 12.1 Å². The summed E-state index contributed by atoms with van der Waals surface area (Å²) in [5.41, 5.74) is 6.38. The lowest BCUT2D eigenvalue weighted by atomic mass is 10.4. The van der Waals surface area contributed by atoms with Gasteiger partial charge < -0.3 is 5.73 Å². The Labute approximate surface area is 68.4 Å². The van der Waals surface area contributed by atoms with Crippen molar-refractivity contribution in [3.8, 4) is 0 Å². The van der Waals surface area contributed by atoms with Crippen LogP contribution in [0, 0.1) is 0 Å². The van der Waals surface area contributed by atoms with E-state index < -0.39 is 0 Å². The summed E-state index contributed by atoms with van der Waals surface area (Å²) in [5.74, 6) is 0.484. The normalized spacial score (nSPS) is 10.6. The van der Waals surface area contributed by atoms with E-state index in [1.54, 1.807) is 16.6 Å². The molecule has 0 amide bonds. The van der Waals surface area contributed by atoms with E-state index in [-0.39, 0.29) is 0 Å². The number of fused-ring (bicyclic) bond motifs is 1. The highest BCUT2D eigenvalue weighted by Crippen LogP contribution is 2.13. The topological polar surface area (TPSA) is 43.3 Å². The smallest absolute Gasteiger partial charge is 0.146 e. The van der Waals surface area contributed by atoms with Gasteiger partial charge in [-0.25, -0.2) is 4.52 Å². The molecule has 0 aromatic carbocycles. The minimum absolute atomic E-state index is 0.484. The number of anilines is 1. The van der Waals surface area contributed by atoms with E-state index in [1.807, 2.05) is 12.1 Å². The number of nitrogen functional groups attached to an aromatic ring is 1. The van der Waals surface area contributed by atoms with Gasteiger partial charge in [-0.1, -0.05) is 17.7 Å². The first-order chi connectivity index (χ1) is 5.27. The molecule has 3 nitrogen and oxygen atoms in total. The van der Waals surface area contributed by atoms with Gasteiger partial charge in [-0.2, -0.15) is 0 Å². The number of nitrogens with two attached hydrogens (primary N) is 1. The molecule has 0 aliphatic carbocycles. The number of halogens is 1. The van der Waals surface area contributed by atoms with E-state index in [2.05, 4.69) is 5.10 Å². The molecule has 0 saturated carbocycles. The number of hydrogen-bond acceptors (Lipinski definition) is 2. The minimum atomic E-state index is 0.484. The fourth-order valence-electron chi connectivity index (χ4n) is 1.00. The summed E-state index contributed by atoms with van der Waals surface area (Å²) in [5, 5.41) is 4.54. The number of pyridine rings is 1. The summed E-state index contributed by atoms with van der Waals surface area (Å²) in [4.78, 5) is 0. The lowest BCUT2D eigenvalue weighted by Gasteiger charge is -1.92. The molecule has 0 aliphatic rings. The van der Waals surface area contributed by atoms with Crippen LogP contribution >= 0.6 is 11.6 Å². The second kappa shape index (κ2) is 2.13. The van der Waals surface area contributed by atoms with Crippen molar-refractivity contribution in [3.05, 3.63) is 29.4 Å². The molecule has 4 heteroatoms. The molecule has 2 rings (SSSR count). The average Bonchev–Trinajstić information content (AvgIpc) is 2.31. The average molecular weight is 168 g/mol. The van der Waals surface area contributed by atoms with Crippen LogP contribution < -0.4 is 5.73 Å². The third-order valence-corrected chi connectivity index (χ3v) is 1.74. The Bertz CT molecular complexity index is 393. The summed E-state index contributed by atoms with van der Waals surface area (Å²) >= 11 is 5.82. The van der Waals surface area contributed by atoms with E-state index >= 15 is 0 Å². The predicted octanol–water partition coefficient (Wildman–Crippen LogP) is 1.57. The van der Waals surface area contributed by atoms with Crippen LogP contribution in [0.2, 0.25) is 5.15 Å². The van der Waals surface area contributed by atoms with Gasteiger partial charge in [0.1, 0.15) is 11.0 Å². The van der Waals surface area contributed by atoms with Crippen LogP contribution in [-0.2, 0) is 0 Å². The molecule has 2 aromatic heterocycles. The maximum Gasteiger partial charge on any atom is 0.146 e. The fourth-order valence-corrected chi connectivity index (χ4v) is 1.21. The zero-order valence-corrected chi connectivity index (χ0v) is 6.42. The highest BCUT2D eigenvalue weighted by atomic mass is 35.5. The summed E-state index contributed by atoms with van der Waals surface area (Å²) < 4.78 is 1.59. The number of hydrogen-bond donors (Lipinski definition) is 1. The van der Waals surface area contributed by atoms with Crippen molar-refractivity contribution in [1.29, 1.82) is 0 Å². The van der Waals surface area contributed by atoms with Crippen LogP contribution in [0.3, 0.4) is 0 Å². The monoisotopic (exact) mass is 167 g/mol. The Morgan fingerprint density at radius 2 is 2.27 bits per heavy atom. The summed E-state index contributed by atoms with van der Waals surface area (Å²) in [6.45, 7) is 0. The van der Waals surface area contributed by atoms with Gasteiger partial charge >= 0.3 is 0 Å². The second-order valence-corrected chi connectivity index (χ2v) is 2.64. The summed E-state index contributed by atoms with van der Waals surface area (Å²) in [7, 11) is 0. The molecule has 2 heterocycles. The first kappa shape index (κ1) is 6.49. The van der Waals surface area contributed by atoms with E-state index in [4.69, 9.17) is 17.3 Å². The van der Waals surface area contributed by atoms with E-state index in [1.165, 1.54) is 0 Å². The second-order valence-electron chi connectivity index (χ2n) is 2.25. The van der Waals surface area contributed by atoms with Crippen LogP contribution in [0.1, 0.15) is 0 Å². The Balaban J connectivity index is 2.90. The first-order valence-corrected chi connectivity index (χ1v) is 3.55.